The smallest absolute Gasteiger partial charge is 1.00 e. The molecule has 0 nitrogen and oxygen atoms in total. The van der Waals surface area contributed by atoms with Crippen molar-refractivity contribution in [3.05, 3.63) is 43.3 Å². The topological polar surface area (TPSA) is 0 Å². The van der Waals surface area contributed by atoms with Gasteiger partial charge in [-0.25, -0.2) is 0 Å². The molecule has 3 heteroatoms. The van der Waals surface area contributed by atoms with Crippen LogP contribution in [0.15, 0.2) is 31.1 Å². The van der Waals surface area contributed by atoms with Crippen molar-refractivity contribution in [2.24, 2.45) is 11.8 Å². The molecule has 0 saturated heterocycles. The van der Waals surface area contributed by atoms with E-state index in [2.05, 4.69) is 53.7 Å². The summed E-state index contributed by atoms with van der Waals surface area (Å²) in [7, 11) is 0. The van der Waals surface area contributed by atoms with E-state index < -0.39 is 0 Å². The maximum Gasteiger partial charge on any atom is 2.00 e. The molecule has 0 amide bonds. The predicted octanol–water partition coefficient (Wildman–Crippen LogP) is 2.27. The van der Waals surface area contributed by atoms with Crippen LogP contribution in [0.25, 0.3) is 0 Å². The van der Waals surface area contributed by atoms with E-state index in [-0.39, 0.29) is 29.1 Å². The zero-order valence-electron chi connectivity index (χ0n) is 15.7. The van der Waals surface area contributed by atoms with E-state index in [0.29, 0.717) is 11.8 Å². The van der Waals surface area contributed by atoms with Gasteiger partial charge in [0.25, 0.3) is 0 Å². The van der Waals surface area contributed by atoms with Crippen molar-refractivity contribution in [1.29, 1.82) is 0 Å². The van der Waals surface area contributed by atoms with Crippen LogP contribution in [0.4, 0.5) is 0 Å². The van der Waals surface area contributed by atoms with Gasteiger partial charge in [-0.15, -0.1) is 0 Å². The van der Waals surface area contributed by atoms with Gasteiger partial charge in [0, 0.05) is 0 Å². The van der Waals surface area contributed by atoms with Crippen LogP contribution in [0.3, 0.4) is 0 Å². The second-order valence-electron chi connectivity index (χ2n) is 5.60. The molecule has 19 heavy (non-hydrogen) atoms. The SMILES string of the molecule is CC1=C(C)C(C)[C-]=[C]1[GeH3].CC1=C(C)C(C)[C-]=[C]1[GeH3].[H-].[H-].[Zr+2]. The normalized spacial score (nSPS) is 26.0. The molecule has 0 spiro atoms. The molecule has 0 aliphatic heterocycles. The molecule has 106 valence electrons. The molecule has 0 aromatic heterocycles. The Morgan fingerprint density at radius 2 is 1.05 bits per heavy atom. The van der Waals surface area contributed by atoms with Crippen LogP contribution in [0.5, 0.6) is 0 Å². The largest absolute Gasteiger partial charge is 2.00 e. The van der Waals surface area contributed by atoms with Gasteiger partial charge in [0.15, 0.2) is 0 Å². The second-order valence-corrected chi connectivity index (χ2v) is 9.79. The van der Waals surface area contributed by atoms with Crippen molar-refractivity contribution in [3.8, 4) is 0 Å². The Morgan fingerprint density at radius 1 is 0.789 bits per heavy atom. The zero-order chi connectivity index (χ0) is 14.0. The van der Waals surface area contributed by atoms with Crippen LogP contribution in [-0.2, 0) is 26.2 Å². The first kappa shape index (κ1) is 19.9. The first-order chi connectivity index (χ1) is 8.25. The van der Waals surface area contributed by atoms with E-state index in [1.165, 1.54) is 31.1 Å². The average molecular weight is 457 g/mol. The minimum atomic E-state index is 0. The van der Waals surface area contributed by atoms with E-state index >= 15 is 0 Å². The maximum absolute atomic E-state index is 3.44. The number of allylic oxidation sites excluding steroid dienone is 8. The molecule has 2 aliphatic carbocycles. The Balaban J connectivity index is -0.000000270. The van der Waals surface area contributed by atoms with Crippen molar-refractivity contribution in [2.45, 2.75) is 41.5 Å². The van der Waals surface area contributed by atoms with Crippen LogP contribution >= 0.6 is 0 Å². The molecule has 0 aromatic carbocycles. The van der Waals surface area contributed by atoms with E-state index in [1.807, 2.05) is 0 Å². The minimum absolute atomic E-state index is 0. The van der Waals surface area contributed by atoms with Gasteiger partial charge >= 0.3 is 156 Å². The first-order valence-corrected chi connectivity index (χ1v) is 11.0. The Morgan fingerprint density at radius 3 is 1.11 bits per heavy atom. The third kappa shape index (κ3) is 5.00. The molecule has 2 atom stereocenters. The third-order valence-electron chi connectivity index (χ3n) is 4.47. The van der Waals surface area contributed by atoms with Crippen LogP contribution in [-0.4, -0.2) is 33.0 Å². The number of rotatable bonds is 0. The van der Waals surface area contributed by atoms with Crippen molar-refractivity contribution >= 4 is 33.0 Å². The molecule has 0 saturated carbocycles. The van der Waals surface area contributed by atoms with E-state index in [4.69, 9.17) is 0 Å². The number of hydrogen-bond donors (Lipinski definition) is 0. The molecule has 2 unspecified atom stereocenters. The maximum atomic E-state index is 3.44. The van der Waals surface area contributed by atoms with Gasteiger partial charge in [0.1, 0.15) is 0 Å². The van der Waals surface area contributed by atoms with Crippen LogP contribution < -0.4 is 0 Å². The average Bonchev–Trinajstić information content (AvgIpc) is 2.66. The third-order valence-corrected chi connectivity index (χ3v) is 8.83. The van der Waals surface area contributed by atoms with Crippen molar-refractivity contribution in [3.63, 3.8) is 0 Å². The molecular formula is C16H28Ge2Zr-2. The number of hydrogen-bond acceptors (Lipinski definition) is 0. The summed E-state index contributed by atoms with van der Waals surface area (Å²) < 4.78 is 3.04. The van der Waals surface area contributed by atoms with Gasteiger partial charge in [-0.3, -0.25) is 0 Å². The van der Waals surface area contributed by atoms with Crippen LogP contribution in [0.1, 0.15) is 44.4 Å². The fraction of sp³-hybridized carbons (Fsp3) is 0.500. The Hall–Kier alpha value is 0.929. The molecule has 0 fully saturated rings. The van der Waals surface area contributed by atoms with Gasteiger partial charge in [-0.05, 0) is 0 Å². The molecule has 0 radical (unpaired) electrons. The zero-order valence-corrected chi connectivity index (χ0v) is 24.5. The standard InChI is InChI=1S/2C8H13Ge.Zr.2H/c2*1-5-4-8(9)7(3)6(5)2;;;/h2*5H,1-3,9H3;;;/q2*-1;+2;2*-1. The molecule has 0 aromatic rings. The summed E-state index contributed by atoms with van der Waals surface area (Å²) in [6.07, 6.45) is 6.88. The molecule has 0 N–H and O–H groups in total. The second kappa shape index (κ2) is 8.39. The van der Waals surface area contributed by atoms with Gasteiger partial charge in [0.05, 0.1) is 0 Å². The van der Waals surface area contributed by atoms with Crippen LogP contribution in [0.2, 0.25) is 0 Å². The van der Waals surface area contributed by atoms with Crippen molar-refractivity contribution in [2.75, 3.05) is 0 Å². The summed E-state index contributed by atoms with van der Waals surface area (Å²) in [5, 5.41) is 0. The first-order valence-electron chi connectivity index (χ1n) is 6.81. The Kier molecular flexibility index (Phi) is 8.80. The summed E-state index contributed by atoms with van der Waals surface area (Å²) in [5.74, 6) is 1.21. The fourth-order valence-electron chi connectivity index (χ4n) is 2.32. The quantitative estimate of drug-likeness (QED) is 0.387. The van der Waals surface area contributed by atoms with Crippen molar-refractivity contribution < 1.29 is 29.1 Å². The summed E-state index contributed by atoms with van der Waals surface area (Å²) in [5.41, 5.74) is 6.08. The Labute approximate surface area is 157 Å². The van der Waals surface area contributed by atoms with Gasteiger partial charge < -0.3 is 2.85 Å². The molecule has 0 bridgehead atoms. The van der Waals surface area contributed by atoms with E-state index in [1.54, 1.807) is 0 Å². The van der Waals surface area contributed by atoms with Crippen molar-refractivity contribution in [1.82, 2.24) is 0 Å². The summed E-state index contributed by atoms with van der Waals surface area (Å²) >= 11 is 1.65. The molecule has 2 aliphatic rings. The summed E-state index contributed by atoms with van der Waals surface area (Å²) in [4.78, 5) is 0. The van der Waals surface area contributed by atoms with Gasteiger partial charge in [0.2, 0.25) is 0 Å². The predicted molar refractivity (Wildman–Crippen MR) is 90.7 cm³/mol. The molecule has 0 heterocycles. The Bertz CT molecular complexity index is 433. The van der Waals surface area contributed by atoms with Crippen LogP contribution in [0, 0.1) is 24.0 Å². The molecule has 2 rings (SSSR count). The fourth-order valence-corrected chi connectivity index (χ4v) is 5.80. The minimum Gasteiger partial charge on any atom is -1.00 e. The summed E-state index contributed by atoms with van der Waals surface area (Å²) in [6, 6.07) is 0. The molecular weight excluding hydrogens is 429 g/mol. The monoisotopic (exact) mass is 458 g/mol. The summed E-state index contributed by atoms with van der Waals surface area (Å²) in [6.45, 7) is 13.3. The van der Waals surface area contributed by atoms with E-state index in [0.717, 1.165) is 33.0 Å². The van der Waals surface area contributed by atoms with E-state index in [9.17, 15) is 0 Å². The van der Waals surface area contributed by atoms with Gasteiger partial charge in [-0.1, -0.05) is 0 Å². The van der Waals surface area contributed by atoms with Gasteiger partial charge in [-0.2, -0.15) is 0 Å².